The SMILES string of the molecule is CCOCCOCCn1ccnc1C1CCN(C(=S)Nc2cccc(C(=O)OCC)c2)CC1. The van der Waals surface area contributed by atoms with E-state index in [2.05, 4.69) is 19.8 Å². The van der Waals surface area contributed by atoms with Crippen LogP contribution in [0.2, 0.25) is 0 Å². The van der Waals surface area contributed by atoms with Crippen LogP contribution >= 0.6 is 12.2 Å². The van der Waals surface area contributed by atoms with Crippen LogP contribution in [0.4, 0.5) is 5.69 Å². The molecule has 1 fully saturated rings. The Kier molecular flexibility index (Phi) is 10.1. The summed E-state index contributed by atoms with van der Waals surface area (Å²) in [6.07, 6.45) is 5.85. The van der Waals surface area contributed by atoms with Crippen LogP contribution in [0.3, 0.4) is 0 Å². The fourth-order valence-electron chi connectivity index (χ4n) is 3.88. The predicted molar refractivity (Wildman–Crippen MR) is 132 cm³/mol. The van der Waals surface area contributed by atoms with Gasteiger partial charge in [-0.3, -0.25) is 0 Å². The summed E-state index contributed by atoms with van der Waals surface area (Å²) in [5.41, 5.74) is 1.30. The third-order valence-electron chi connectivity index (χ3n) is 5.57. The second-order valence-corrected chi connectivity index (χ2v) is 8.17. The van der Waals surface area contributed by atoms with Crippen molar-refractivity contribution in [1.82, 2.24) is 14.5 Å². The largest absolute Gasteiger partial charge is 0.462 e. The van der Waals surface area contributed by atoms with Crippen LogP contribution in [-0.4, -0.2) is 71.7 Å². The molecule has 9 heteroatoms. The highest BCUT2D eigenvalue weighted by molar-refractivity contribution is 7.80. The van der Waals surface area contributed by atoms with Crippen molar-refractivity contribution in [2.45, 2.75) is 39.2 Å². The number of rotatable bonds is 11. The first kappa shape index (κ1) is 25.1. The van der Waals surface area contributed by atoms with E-state index in [1.807, 2.05) is 31.5 Å². The number of hydrogen-bond acceptors (Lipinski definition) is 6. The van der Waals surface area contributed by atoms with Gasteiger partial charge >= 0.3 is 5.97 Å². The molecule has 2 aromatic rings. The normalized spacial score (nSPS) is 14.3. The highest BCUT2D eigenvalue weighted by atomic mass is 32.1. The summed E-state index contributed by atoms with van der Waals surface area (Å²) in [5.74, 6) is 1.18. The lowest BCUT2D eigenvalue weighted by Crippen LogP contribution is -2.40. The Morgan fingerprint density at radius 3 is 2.70 bits per heavy atom. The summed E-state index contributed by atoms with van der Waals surface area (Å²) >= 11 is 5.63. The molecule has 0 amide bonds. The van der Waals surface area contributed by atoms with E-state index in [-0.39, 0.29) is 5.97 Å². The Morgan fingerprint density at radius 2 is 1.94 bits per heavy atom. The van der Waals surface area contributed by atoms with Gasteiger partial charge in [0.05, 0.1) is 32.0 Å². The molecule has 1 aromatic carbocycles. The molecule has 180 valence electrons. The molecule has 1 N–H and O–H groups in total. The average Bonchev–Trinajstić information content (AvgIpc) is 3.30. The van der Waals surface area contributed by atoms with Crippen molar-refractivity contribution in [2.75, 3.05) is 51.4 Å². The topological polar surface area (TPSA) is 77.9 Å². The van der Waals surface area contributed by atoms with Crippen molar-refractivity contribution in [1.29, 1.82) is 0 Å². The number of likely N-dealkylation sites (tertiary alicyclic amines) is 1. The number of anilines is 1. The minimum atomic E-state index is -0.330. The molecular formula is C24H34N4O4S. The second kappa shape index (κ2) is 13.3. The third kappa shape index (κ3) is 7.52. The minimum absolute atomic E-state index is 0.330. The summed E-state index contributed by atoms with van der Waals surface area (Å²) in [7, 11) is 0. The molecule has 1 aliphatic rings. The van der Waals surface area contributed by atoms with Crippen molar-refractivity contribution < 1.29 is 19.0 Å². The maximum absolute atomic E-state index is 12.0. The zero-order valence-corrected chi connectivity index (χ0v) is 20.3. The number of nitrogens with one attached hydrogen (secondary N) is 1. The first-order valence-electron chi connectivity index (χ1n) is 11.6. The van der Waals surface area contributed by atoms with Gasteiger partial charge in [0.25, 0.3) is 0 Å². The summed E-state index contributed by atoms with van der Waals surface area (Å²) in [6, 6.07) is 7.23. The number of piperidine rings is 1. The van der Waals surface area contributed by atoms with Crippen LogP contribution in [0.25, 0.3) is 0 Å². The highest BCUT2D eigenvalue weighted by Gasteiger charge is 2.25. The van der Waals surface area contributed by atoms with Crippen molar-refractivity contribution in [3.63, 3.8) is 0 Å². The molecule has 0 spiro atoms. The van der Waals surface area contributed by atoms with Gasteiger partial charge in [-0.05, 0) is 57.1 Å². The number of carbonyl (C=O) groups excluding carboxylic acids is 1. The molecule has 0 bridgehead atoms. The summed E-state index contributed by atoms with van der Waals surface area (Å²) < 4.78 is 18.2. The Balaban J connectivity index is 1.46. The zero-order valence-electron chi connectivity index (χ0n) is 19.5. The van der Waals surface area contributed by atoms with Crippen LogP contribution in [-0.2, 0) is 20.8 Å². The van der Waals surface area contributed by atoms with Gasteiger partial charge in [-0.1, -0.05) is 6.07 Å². The van der Waals surface area contributed by atoms with E-state index in [1.54, 1.807) is 19.1 Å². The smallest absolute Gasteiger partial charge is 0.338 e. The number of ether oxygens (including phenoxy) is 3. The monoisotopic (exact) mass is 474 g/mol. The van der Waals surface area contributed by atoms with E-state index in [1.165, 1.54) is 0 Å². The van der Waals surface area contributed by atoms with E-state index in [9.17, 15) is 4.79 Å². The number of hydrogen-bond donors (Lipinski definition) is 1. The molecule has 0 saturated carbocycles. The molecule has 8 nitrogen and oxygen atoms in total. The lowest BCUT2D eigenvalue weighted by atomic mass is 9.96. The number of carbonyl (C=O) groups is 1. The maximum Gasteiger partial charge on any atom is 0.338 e. The fourth-order valence-corrected chi connectivity index (χ4v) is 4.18. The van der Waals surface area contributed by atoms with E-state index in [4.69, 9.17) is 26.4 Å². The first-order valence-corrected chi connectivity index (χ1v) is 12.0. The van der Waals surface area contributed by atoms with Crippen molar-refractivity contribution in [2.24, 2.45) is 0 Å². The molecule has 3 rings (SSSR count). The Hall–Kier alpha value is -2.49. The summed E-state index contributed by atoms with van der Waals surface area (Å²) in [4.78, 5) is 18.8. The number of benzene rings is 1. The van der Waals surface area contributed by atoms with Gasteiger partial charge in [-0.15, -0.1) is 0 Å². The first-order chi connectivity index (χ1) is 16.1. The number of thiocarbonyl (C=S) groups is 1. The van der Waals surface area contributed by atoms with Crippen LogP contribution in [0, 0.1) is 0 Å². The number of nitrogens with zero attached hydrogens (tertiary/aromatic N) is 3. The van der Waals surface area contributed by atoms with Gasteiger partial charge in [0.2, 0.25) is 0 Å². The Labute approximate surface area is 201 Å². The molecule has 0 atom stereocenters. The lowest BCUT2D eigenvalue weighted by molar-refractivity contribution is 0.0493. The predicted octanol–water partition coefficient (Wildman–Crippen LogP) is 3.69. The van der Waals surface area contributed by atoms with Crippen molar-refractivity contribution in [3.8, 4) is 0 Å². The van der Waals surface area contributed by atoms with Crippen molar-refractivity contribution >= 4 is 29.0 Å². The quantitative estimate of drug-likeness (QED) is 0.300. The van der Waals surface area contributed by atoms with Crippen molar-refractivity contribution in [3.05, 3.63) is 48.0 Å². The van der Waals surface area contributed by atoms with Crippen LogP contribution in [0.5, 0.6) is 0 Å². The Bertz CT molecular complexity index is 896. The number of imidazole rings is 1. The maximum atomic E-state index is 12.0. The van der Waals surface area contributed by atoms with Crippen LogP contribution in [0.15, 0.2) is 36.7 Å². The average molecular weight is 475 g/mol. The minimum Gasteiger partial charge on any atom is -0.462 e. The molecule has 1 aliphatic heterocycles. The molecule has 0 unspecified atom stereocenters. The van der Waals surface area contributed by atoms with E-state index in [0.717, 1.165) is 44.0 Å². The van der Waals surface area contributed by atoms with Gasteiger partial charge in [-0.25, -0.2) is 9.78 Å². The Morgan fingerprint density at radius 1 is 1.15 bits per heavy atom. The molecule has 2 heterocycles. The van der Waals surface area contributed by atoms with E-state index < -0.39 is 0 Å². The zero-order chi connectivity index (χ0) is 23.5. The second-order valence-electron chi connectivity index (χ2n) is 7.78. The van der Waals surface area contributed by atoms with Gasteiger partial charge in [0.1, 0.15) is 5.82 Å². The highest BCUT2D eigenvalue weighted by Crippen LogP contribution is 2.27. The fraction of sp³-hybridized carbons (Fsp3) is 0.542. The number of esters is 1. The van der Waals surface area contributed by atoms with Crippen LogP contribution < -0.4 is 5.32 Å². The molecule has 33 heavy (non-hydrogen) atoms. The summed E-state index contributed by atoms with van der Waals surface area (Å²) in [5, 5.41) is 3.93. The third-order valence-corrected chi connectivity index (χ3v) is 5.93. The molecule has 1 aromatic heterocycles. The van der Waals surface area contributed by atoms with Gasteiger partial charge < -0.3 is 29.0 Å². The van der Waals surface area contributed by atoms with E-state index in [0.29, 0.717) is 49.6 Å². The molecule has 0 aliphatic carbocycles. The molecular weight excluding hydrogens is 440 g/mol. The lowest BCUT2D eigenvalue weighted by Gasteiger charge is -2.33. The van der Waals surface area contributed by atoms with Crippen LogP contribution in [0.1, 0.15) is 48.8 Å². The summed E-state index contributed by atoms with van der Waals surface area (Å²) in [6.45, 7) is 9.23. The van der Waals surface area contributed by atoms with Gasteiger partial charge in [0.15, 0.2) is 5.11 Å². The van der Waals surface area contributed by atoms with E-state index >= 15 is 0 Å². The number of aromatic nitrogens is 2. The molecule has 1 saturated heterocycles. The molecule has 0 radical (unpaired) electrons. The van der Waals surface area contributed by atoms with Gasteiger partial charge in [0, 0.05) is 50.2 Å². The standard InChI is InChI=1S/C24H34N4O4S/c1-3-30-16-17-31-15-14-27-13-10-25-22(27)19-8-11-28(12-9-19)24(33)26-21-7-5-6-20(18-21)23(29)32-4-2/h5-7,10,13,18-19H,3-4,8-9,11-12,14-17H2,1-2H3,(H,26,33). The van der Waals surface area contributed by atoms with Gasteiger partial charge in [-0.2, -0.15) is 0 Å².